The topological polar surface area (TPSA) is 96.1 Å². The maximum absolute atomic E-state index is 14.5. The van der Waals surface area contributed by atoms with Gasteiger partial charge < -0.3 is 25.4 Å². The predicted octanol–water partition coefficient (Wildman–Crippen LogP) is 5.99. The average Bonchev–Trinajstić information content (AvgIpc) is 3.01. The van der Waals surface area contributed by atoms with Gasteiger partial charge in [-0.2, -0.15) is 0 Å². The average molecular weight is 622 g/mol. The van der Waals surface area contributed by atoms with E-state index in [-0.39, 0.29) is 30.8 Å². The first kappa shape index (κ1) is 34.1. The Balaban J connectivity index is 1.70. The van der Waals surface area contributed by atoms with E-state index in [1.807, 2.05) is 43.9 Å². The summed E-state index contributed by atoms with van der Waals surface area (Å²) in [6.45, 7) is 7.04. The smallest absolute Gasteiger partial charge is 0.254 e. The number of hydrogen-bond acceptors (Lipinski definition) is 5. The fourth-order valence-corrected chi connectivity index (χ4v) is 6.27. The number of fused-ring (bicyclic) bond motifs is 1. The van der Waals surface area contributed by atoms with Gasteiger partial charge in [0.1, 0.15) is 17.4 Å². The van der Waals surface area contributed by atoms with Gasteiger partial charge in [-0.25, -0.2) is 8.78 Å². The molecule has 0 aliphatic heterocycles. The number of halogens is 2. The quantitative estimate of drug-likeness (QED) is 0.244. The van der Waals surface area contributed by atoms with E-state index in [1.165, 1.54) is 12.1 Å². The van der Waals surface area contributed by atoms with E-state index in [4.69, 9.17) is 10.5 Å². The molecule has 3 aromatic rings. The van der Waals surface area contributed by atoms with Crippen LogP contribution in [0.5, 0.6) is 5.75 Å². The minimum atomic E-state index is -1.19. The second-order valence-corrected chi connectivity index (χ2v) is 12.0. The molecule has 0 heterocycles. The number of benzene rings is 3. The molecule has 0 saturated carbocycles. The number of ether oxygens (including phenoxy) is 1. The van der Waals surface area contributed by atoms with Crippen LogP contribution in [-0.2, 0) is 12.8 Å². The van der Waals surface area contributed by atoms with E-state index in [1.54, 1.807) is 30.2 Å². The van der Waals surface area contributed by atoms with Crippen molar-refractivity contribution in [3.63, 3.8) is 0 Å². The number of hydrogen-bond donors (Lipinski definition) is 2. The van der Waals surface area contributed by atoms with Gasteiger partial charge in [-0.15, -0.1) is 0 Å². The van der Waals surface area contributed by atoms with Crippen LogP contribution in [0.15, 0.2) is 54.6 Å². The molecule has 0 fully saturated rings. The third-order valence-electron chi connectivity index (χ3n) is 8.39. The lowest BCUT2D eigenvalue weighted by atomic mass is 9.85. The molecule has 3 N–H and O–H groups in total. The summed E-state index contributed by atoms with van der Waals surface area (Å²) in [5, 5.41) is 11.3. The lowest BCUT2D eigenvalue weighted by Crippen LogP contribution is -2.48. The summed E-state index contributed by atoms with van der Waals surface area (Å²) < 4.78 is 33.1. The van der Waals surface area contributed by atoms with Gasteiger partial charge in [0.05, 0.1) is 19.3 Å². The largest absolute Gasteiger partial charge is 0.497 e. The Morgan fingerprint density at radius 2 is 1.62 bits per heavy atom. The van der Waals surface area contributed by atoms with Crippen LogP contribution >= 0.6 is 0 Å². The number of aliphatic hydroxyl groups excluding tert-OH is 1. The van der Waals surface area contributed by atoms with Crippen molar-refractivity contribution in [3.05, 3.63) is 99.6 Å². The van der Waals surface area contributed by atoms with Gasteiger partial charge >= 0.3 is 0 Å². The van der Waals surface area contributed by atoms with Crippen LogP contribution in [0.1, 0.15) is 88.5 Å². The number of aliphatic hydroxyl groups is 1. The third kappa shape index (κ3) is 8.47. The molecule has 2 amide bonds. The Morgan fingerprint density at radius 3 is 2.24 bits per heavy atom. The van der Waals surface area contributed by atoms with Crippen molar-refractivity contribution in [1.82, 2.24) is 9.80 Å². The molecule has 1 aliphatic carbocycles. The Morgan fingerprint density at radius 1 is 0.978 bits per heavy atom. The minimum absolute atomic E-state index is 0.0180. The summed E-state index contributed by atoms with van der Waals surface area (Å²) in [6, 6.07) is 12.9. The lowest BCUT2D eigenvalue weighted by molar-refractivity contribution is 0.0430. The van der Waals surface area contributed by atoms with Crippen LogP contribution in [0.2, 0.25) is 0 Å². The first-order chi connectivity index (χ1) is 21.5. The van der Waals surface area contributed by atoms with Crippen molar-refractivity contribution in [1.29, 1.82) is 0 Å². The molecule has 3 atom stereocenters. The zero-order valence-electron chi connectivity index (χ0n) is 26.7. The first-order valence-electron chi connectivity index (χ1n) is 15.8. The monoisotopic (exact) mass is 621 g/mol. The first-order valence-corrected chi connectivity index (χ1v) is 15.8. The molecular formula is C36H45F2N3O4. The van der Waals surface area contributed by atoms with E-state index in [0.29, 0.717) is 36.2 Å². The fourth-order valence-electron chi connectivity index (χ4n) is 6.27. The van der Waals surface area contributed by atoms with Gasteiger partial charge in [0, 0.05) is 42.9 Å². The van der Waals surface area contributed by atoms with Gasteiger partial charge in [-0.05, 0) is 110 Å². The summed E-state index contributed by atoms with van der Waals surface area (Å²) in [4.78, 5) is 31.4. The summed E-state index contributed by atoms with van der Waals surface area (Å²) in [6.07, 6.45) is 2.78. The molecule has 1 aliphatic rings. The second kappa shape index (κ2) is 15.5. The summed E-state index contributed by atoms with van der Waals surface area (Å²) >= 11 is 0. The van der Waals surface area contributed by atoms with Crippen molar-refractivity contribution in [2.45, 2.75) is 77.5 Å². The van der Waals surface area contributed by atoms with Crippen molar-refractivity contribution < 1.29 is 28.2 Å². The molecule has 3 unspecified atom stereocenters. The highest BCUT2D eigenvalue weighted by Crippen LogP contribution is 2.37. The normalized spacial score (nSPS) is 15.6. The molecule has 3 aromatic carbocycles. The van der Waals surface area contributed by atoms with Crippen molar-refractivity contribution >= 4 is 11.8 Å². The van der Waals surface area contributed by atoms with Crippen LogP contribution in [0.3, 0.4) is 0 Å². The number of rotatable bonds is 13. The van der Waals surface area contributed by atoms with Crippen molar-refractivity contribution in [2.75, 3.05) is 26.7 Å². The molecule has 9 heteroatoms. The maximum Gasteiger partial charge on any atom is 0.254 e. The highest BCUT2D eigenvalue weighted by Gasteiger charge is 2.33. The number of carbonyl (C=O) groups excluding carboxylic acids is 2. The Hall–Kier alpha value is -3.82. The number of methoxy groups -OCH3 is 1. The summed E-state index contributed by atoms with van der Waals surface area (Å²) in [7, 11) is 1.61. The van der Waals surface area contributed by atoms with Crippen LogP contribution < -0.4 is 10.5 Å². The number of nitrogens with zero attached hydrogens (tertiary/aromatic N) is 2. The number of nitrogens with two attached hydrogens (primary N) is 1. The number of amides is 2. The molecule has 7 nitrogen and oxygen atoms in total. The zero-order chi connectivity index (χ0) is 32.7. The van der Waals surface area contributed by atoms with E-state index >= 15 is 0 Å². The van der Waals surface area contributed by atoms with Gasteiger partial charge in [0.25, 0.3) is 11.8 Å². The van der Waals surface area contributed by atoms with Crippen molar-refractivity contribution in [2.24, 2.45) is 5.73 Å². The SMILES string of the molecule is CCCN(CCC)C(=O)c1cc(C)cc(C(=O)N(CC(O)C(N)Cc2cc(F)cc(F)c2)C2CCCc3cc(OC)ccc32)c1. The summed E-state index contributed by atoms with van der Waals surface area (Å²) in [5.74, 6) is -1.18. The van der Waals surface area contributed by atoms with Crippen LogP contribution in [0.25, 0.3) is 0 Å². The van der Waals surface area contributed by atoms with E-state index in [0.717, 1.165) is 54.2 Å². The van der Waals surface area contributed by atoms with E-state index in [9.17, 15) is 23.5 Å². The Labute approximate surface area is 265 Å². The minimum Gasteiger partial charge on any atom is -0.497 e. The fraction of sp³-hybridized carbons (Fsp3) is 0.444. The predicted molar refractivity (Wildman–Crippen MR) is 171 cm³/mol. The van der Waals surface area contributed by atoms with E-state index in [2.05, 4.69) is 0 Å². The molecule has 4 rings (SSSR count). The lowest BCUT2D eigenvalue weighted by Gasteiger charge is -2.38. The van der Waals surface area contributed by atoms with Gasteiger partial charge in [0.2, 0.25) is 0 Å². The zero-order valence-corrected chi connectivity index (χ0v) is 26.7. The maximum atomic E-state index is 14.5. The van der Waals surface area contributed by atoms with Crippen molar-refractivity contribution in [3.8, 4) is 5.75 Å². The highest BCUT2D eigenvalue weighted by molar-refractivity contribution is 6.00. The van der Waals surface area contributed by atoms with Gasteiger partial charge in [0.15, 0.2) is 0 Å². The van der Waals surface area contributed by atoms with Gasteiger partial charge in [-0.3, -0.25) is 9.59 Å². The summed E-state index contributed by atoms with van der Waals surface area (Å²) in [5.41, 5.74) is 10.3. The molecule has 0 spiro atoms. The Kier molecular flexibility index (Phi) is 11.7. The van der Waals surface area contributed by atoms with E-state index < -0.39 is 23.8 Å². The Bertz CT molecular complexity index is 1470. The standard InChI is InChI=1S/C36H45F2N3O4/c1-5-12-40(13-6-2)35(43)26-14-23(3)15-27(19-26)36(44)41(33-9-7-8-25-20-30(45-4)10-11-31(25)33)22-34(42)32(39)18-24-16-28(37)21-29(38)17-24/h10-11,14-17,19-21,32-34,42H,5-9,12-13,18,22,39H2,1-4H3. The third-order valence-corrected chi connectivity index (χ3v) is 8.39. The molecule has 0 aromatic heterocycles. The van der Waals surface area contributed by atoms with Crippen LogP contribution in [-0.4, -0.2) is 65.6 Å². The molecule has 0 bridgehead atoms. The number of carbonyl (C=O) groups is 2. The second-order valence-electron chi connectivity index (χ2n) is 12.0. The number of aryl methyl sites for hydroxylation is 2. The molecule has 0 radical (unpaired) electrons. The van der Waals surface area contributed by atoms with Crippen LogP contribution in [0, 0.1) is 18.6 Å². The highest BCUT2D eigenvalue weighted by atomic mass is 19.1. The molecule has 0 saturated heterocycles. The van der Waals surface area contributed by atoms with Gasteiger partial charge in [-0.1, -0.05) is 19.9 Å². The molecular weight excluding hydrogens is 576 g/mol. The van der Waals surface area contributed by atoms with Crippen LogP contribution in [0.4, 0.5) is 8.78 Å². The molecule has 45 heavy (non-hydrogen) atoms. The molecule has 242 valence electrons.